The summed E-state index contributed by atoms with van der Waals surface area (Å²) in [6.45, 7) is 5.27. The van der Waals surface area contributed by atoms with Crippen molar-refractivity contribution in [3.63, 3.8) is 0 Å². The number of β-lactam (4-membered cyclic amide) rings is 1. The number of ether oxygens (including phenoxy) is 1. The Kier molecular flexibility index (Phi) is 6.26. The number of aliphatic hydroxyl groups excluding tert-OH is 1. The molecule has 0 aromatic heterocycles. The lowest BCUT2D eigenvalue weighted by Crippen LogP contribution is -2.60. The molecule has 0 aromatic carbocycles. The van der Waals surface area contributed by atoms with Crippen LogP contribution in [0.2, 0.25) is 0 Å². The Labute approximate surface area is 121 Å². The molecule has 8 heteroatoms. The monoisotopic (exact) mass is 304 g/mol. The molecule has 3 N–H and O–H groups in total. The second-order valence-corrected chi connectivity index (χ2v) is 5.91. The molecule has 0 saturated carbocycles. The van der Waals surface area contributed by atoms with Crippen molar-refractivity contribution >= 4 is 40.2 Å². The molecule has 1 aliphatic rings. The summed E-state index contributed by atoms with van der Waals surface area (Å²) in [7, 11) is 0. The van der Waals surface area contributed by atoms with Gasteiger partial charge in [0.1, 0.15) is 6.61 Å². The van der Waals surface area contributed by atoms with Crippen molar-refractivity contribution in [2.24, 2.45) is 5.92 Å². The summed E-state index contributed by atoms with van der Waals surface area (Å²) in [5.41, 5.74) is 0. The minimum atomic E-state index is -0.723. The SMILES string of the molecule is C=CCOC(=O)NCC(=S)S[C@H]1NC(=O)[C@H]1C(C)O. The minimum absolute atomic E-state index is 0.133. The van der Waals surface area contributed by atoms with Gasteiger partial charge in [-0.3, -0.25) is 4.79 Å². The molecule has 106 valence electrons. The first-order valence-corrected chi connectivity index (χ1v) is 6.94. The van der Waals surface area contributed by atoms with Crippen molar-refractivity contribution in [3.05, 3.63) is 12.7 Å². The molecule has 1 saturated heterocycles. The molecule has 1 heterocycles. The van der Waals surface area contributed by atoms with Gasteiger partial charge in [-0.25, -0.2) is 4.79 Å². The lowest BCUT2D eigenvalue weighted by molar-refractivity contribution is -0.136. The van der Waals surface area contributed by atoms with E-state index in [9.17, 15) is 14.7 Å². The molecule has 3 atom stereocenters. The number of rotatable bonds is 6. The standard InChI is InChI=1S/C11H16N2O4S2/c1-3-4-17-11(16)12-5-7(18)19-10-8(6(2)14)9(15)13-10/h3,6,8,10,14H,1,4-5H2,2H3,(H,12,16)(H,13,15)/t6?,8-,10-/m1/s1. The van der Waals surface area contributed by atoms with E-state index < -0.39 is 18.1 Å². The van der Waals surface area contributed by atoms with Crippen molar-refractivity contribution in [2.45, 2.75) is 18.4 Å². The summed E-state index contributed by atoms with van der Waals surface area (Å²) in [6.07, 6.45) is 0.163. The zero-order valence-electron chi connectivity index (χ0n) is 10.4. The van der Waals surface area contributed by atoms with Crippen LogP contribution in [-0.2, 0) is 9.53 Å². The molecule has 1 rings (SSSR count). The Morgan fingerprint density at radius 1 is 1.79 bits per heavy atom. The van der Waals surface area contributed by atoms with Gasteiger partial charge in [-0.15, -0.1) is 0 Å². The highest BCUT2D eigenvalue weighted by molar-refractivity contribution is 8.23. The molecule has 0 bridgehead atoms. The first kappa shape index (κ1) is 15.9. The molecule has 6 nitrogen and oxygen atoms in total. The van der Waals surface area contributed by atoms with Gasteiger partial charge in [-0.1, -0.05) is 36.6 Å². The molecule has 1 aliphatic heterocycles. The van der Waals surface area contributed by atoms with Gasteiger partial charge in [0.05, 0.1) is 28.1 Å². The van der Waals surface area contributed by atoms with Crippen LogP contribution in [0.3, 0.4) is 0 Å². The topological polar surface area (TPSA) is 87.7 Å². The lowest BCUT2D eigenvalue weighted by Gasteiger charge is -2.37. The van der Waals surface area contributed by atoms with Crippen LogP contribution in [0.25, 0.3) is 0 Å². The zero-order chi connectivity index (χ0) is 14.4. The summed E-state index contributed by atoms with van der Waals surface area (Å²) in [5.74, 6) is -0.649. The van der Waals surface area contributed by atoms with Crippen LogP contribution in [-0.4, -0.2) is 45.9 Å². The zero-order valence-corrected chi connectivity index (χ0v) is 12.1. The number of aliphatic hydroxyl groups is 1. The van der Waals surface area contributed by atoms with Gasteiger partial charge < -0.3 is 20.5 Å². The van der Waals surface area contributed by atoms with Crippen molar-refractivity contribution in [3.8, 4) is 0 Å². The van der Waals surface area contributed by atoms with E-state index in [1.807, 2.05) is 0 Å². The normalized spacial score (nSPS) is 22.7. The van der Waals surface area contributed by atoms with Crippen LogP contribution in [0.5, 0.6) is 0 Å². The Morgan fingerprint density at radius 3 is 3.00 bits per heavy atom. The lowest BCUT2D eigenvalue weighted by atomic mass is 9.96. The van der Waals surface area contributed by atoms with Crippen LogP contribution in [0, 0.1) is 5.92 Å². The summed E-state index contributed by atoms with van der Waals surface area (Å²) in [4.78, 5) is 22.4. The molecular weight excluding hydrogens is 288 g/mol. The molecule has 1 unspecified atom stereocenters. The smallest absolute Gasteiger partial charge is 0.407 e. The van der Waals surface area contributed by atoms with Gasteiger partial charge >= 0.3 is 6.09 Å². The molecule has 19 heavy (non-hydrogen) atoms. The van der Waals surface area contributed by atoms with Gasteiger partial charge in [-0.2, -0.15) is 0 Å². The number of thioether (sulfide) groups is 1. The first-order valence-electron chi connectivity index (χ1n) is 5.65. The maximum Gasteiger partial charge on any atom is 0.407 e. The van der Waals surface area contributed by atoms with Crippen molar-refractivity contribution in [1.29, 1.82) is 0 Å². The summed E-state index contributed by atoms with van der Waals surface area (Å²) >= 11 is 6.32. The Bertz CT molecular complexity index is 387. The fourth-order valence-corrected chi connectivity index (χ4v) is 2.95. The molecule has 0 radical (unpaired) electrons. The van der Waals surface area contributed by atoms with Crippen LogP contribution < -0.4 is 10.6 Å². The second kappa shape index (κ2) is 7.46. The van der Waals surface area contributed by atoms with Crippen LogP contribution in [0.15, 0.2) is 12.7 Å². The number of thiocarbonyl (C=S) groups is 1. The maximum atomic E-state index is 11.2. The minimum Gasteiger partial charge on any atom is -0.445 e. The van der Waals surface area contributed by atoms with E-state index in [2.05, 4.69) is 17.2 Å². The average Bonchev–Trinajstić information content (AvgIpc) is 2.32. The highest BCUT2D eigenvalue weighted by Gasteiger charge is 2.43. The van der Waals surface area contributed by atoms with Gasteiger partial charge in [0.15, 0.2) is 0 Å². The maximum absolute atomic E-state index is 11.2. The van der Waals surface area contributed by atoms with E-state index in [0.717, 1.165) is 0 Å². The van der Waals surface area contributed by atoms with Crippen LogP contribution in [0.1, 0.15) is 6.92 Å². The van der Waals surface area contributed by atoms with E-state index in [-0.39, 0.29) is 24.4 Å². The average molecular weight is 304 g/mol. The van der Waals surface area contributed by atoms with E-state index in [1.165, 1.54) is 17.8 Å². The van der Waals surface area contributed by atoms with E-state index >= 15 is 0 Å². The fourth-order valence-electron chi connectivity index (χ4n) is 1.46. The molecule has 0 spiro atoms. The quantitative estimate of drug-likeness (QED) is 0.374. The van der Waals surface area contributed by atoms with Crippen molar-refractivity contribution in [1.82, 2.24) is 10.6 Å². The predicted molar refractivity (Wildman–Crippen MR) is 76.8 cm³/mol. The fraction of sp³-hybridized carbons (Fsp3) is 0.545. The summed E-state index contributed by atoms with van der Waals surface area (Å²) in [6, 6.07) is 0. The van der Waals surface area contributed by atoms with E-state index in [0.29, 0.717) is 4.20 Å². The molecule has 0 aromatic rings. The number of carbonyl (C=O) groups is 2. The predicted octanol–water partition coefficient (Wildman–Crippen LogP) is 0.412. The molecule has 2 amide bonds. The summed E-state index contributed by atoms with van der Waals surface area (Å²) in [5, 5.41) is 14.3. The van der Waals surface area contributed by atoms with Crippen LogP contribution in [0.4, 0.5) is 4.79 Å². The van der Waals surface area contributed by atoms with Gasteiger partial charge in [0, 0.05) is 0 Å². The number of amides is 2. The number of hydrogen-bond acceptors (Lipinski definition) is 6. The van der Waals surface area contributed by atoms with E-state index in [1.54, 1.807) is 6.92 Å². The Morgan fingerprint density at radius 2 is 2.47 bits per heavy atom. The third kappa shape index (κ3) is 4.81. The third-order valence-corrected chi connectivity index (χ3v) is 3.91. The second-order valence-electron chi connectivity index (χ2n) is 3.93. The largest absolute Gasteiger partial charge is 0.445 e. The first-order chi connectivity index (χ1) is 8.95. The molecule has 0 aliphatic carbocycles. The van der Waals surface area contributed by atoms with Crippen molar-refractivity contribution in [2.75, 3.05) is 13.2 Å². The van der Waals surface area contributed by atoms with Gasteiger partial charge in [0.25, 0.3) is 0 Å². The van der Waals surface area contributed by atoms with Gasteiger partial charge in [-0.05, 0) is 6.92 Å². The number of carbonyl (C=O) groups excluding carboxylic acids is 2. The number of nitrogens with one attached hydrogen (secondary N) is 2. The van der Waals surface area contributed by atoms with Crippen LogP contribution >= 0.6 is 24.0 Å². The third-order valence-electron chi connectivity index (χ3n) is 2.40. The summed E-state index contributed by atoms with van der Waals surface area (Å²) < 4.78 is 5.22. The molecular formula is C11H16N2O4S2. The van der Waals surface area contributed by atoms with E-state index in [4.69, 9.17) is 17.0 Å². The highest BCUT2D eigenvalue weighted by Crippen LogP contribution is 2.29. The van der Waals surface area contributed by atoms with Crippen molar-refractivity contribution < 1.29 is 19.4 Å². The number of alkyl carbamates (subject to hydrolysis) is 1. The highest BCUT2D eigenvalue weighted by atomic mass is 32.2. The molecule has 1 fully saturated rings. The Hall–Kier alpha value is -1.12. The Balaban J connectivity index is 2.26. The number of hydrogen-bond donors (Lipinski definition) is 3. The van der Waals surface area contributed by atoms with Gasteiger partial charge in [0.2, 0.25) is 5.91 Å².